The van der Waals surface area contributed by atoms with Crippen LogP contribution in [-0.2, 0) is 11.3 Å². The first-order valence-electron chi connectivity index (χ1n) is 9.99. The van der Waals surface area contributed by atoms with Gasteiger partial charge in [0, 0.05) is 45.3 Å². The zero-order chi connectivity index (χ0) is 20.8. The molecule has 0 bridgehead atoms. The van der Waals surface area contributed by atoms with Crippen molar-refractivity contribution in [3.63, 3.8) is 0 Å². The number of aryl methyl sites for hydroxylation is 1. The van der Waals surface area contributed by atoms with Gasteiger partial charge in [0.15, 0.2) is 0 Å². The van der Waals surface area contributed by atoms with E-state index in [0.717, 1.165) is 18.5 Å². The fourth-order valence-corrected chi connectivity index (χ4v) is 3.55. The summed E-state index contributed by atoms with van der Waals surface area (Å²) in [5, 5.41) is 0. The van der Waals surface area contributed by atoms with E-state index in [4.69, 9.17) is 0 Å². The molecule has 0 aliphatic carbocycles. The molecule has 2 aromatic carbocycles. The molecule has 0 unspecified atom stereocenters. The van der Waals surface area contributed by atoms with Gasteiger partial charge in [0.25, 0.3) is 5.91 Å². The molecule has 0 atom stereocenters. The van der Waals surface area contributed by atoms with E-state index in [1.165, 1.54) is 29.8 Å². The molecule has 154 valence electrons. The van der Waals surface area contributed by atoms with Crippen LogP contribution in [0.5, 0.6) is 0 Å². The van der Waals surface area contributed by atoms with Gasteiger partial charge in [-0.3, -0.25) is 14.5 Å². The fraction of sp³-hybridized carbons (Fsp3) is 0.391. The van der Waals surface area contributed by atoms with Crippen LogP contribution in [0.25, 0.3) is 0 Å². The topological polar surface area (TPSA) is 43.9 Å². The molecule has 1 aliphatic heterocycles. The number of halogens is 1. The number of carbonyl (C=O) groups is 2. The summed E-state index contributed by atoms with van der Waals surface area (Å²) in [4.78, 5) is 31.0. The van der Waals surface area contributed by atoms with Crippen molar-refractivity contribution in [1.82, 2.24) is 14.7 Å². The lowest BCUT2D eigenvalue weighted by Gasteiger charge is -2.24. The van der Waals surface area contributed by atoms with Gasteiger partial charge in [-0.25, -0.2) is 4.39 Å². The molecule has 1 saturated heterocycles. The van der Waals surface area contributed by atoms with Gasteiger partial charge in [-0.2, -0.15) is 0 Å². The van der Waals surface area contributed by atoms with Crippen LogP contribution in [0.1, 0.15) is 27.9 Å². The first-order valence-corrected chi connectivity index (χ1v) is 9.99. The van der Waals surface area contributed by atoms with Crippen LogP contribution >= 0.6 is 0 Å². The van der Waals surface area contributed by atoms with E-state index in [1.54, 1.807) is 9.80 Å². The average molecular weight is 397 g/mol. The highest BCUT2D eigenvalue weighted by Gasteiger charge is 2.22. The van der Waals surface area contributed by atoms with E-state index < -0.39 is 0 Å². The van der Waals surface area contributed by atoms with E-state index in [1.807, 2.05) is 25.2 Å². The maximum atomic E-state index is 13.1. The molecule has 0 radical (unpaired) electrons. The van der Waals surface area contributed by atoms with Gasteiger partial charge in [0.05, 0.1) is 6.54 Å². The van der Waals surface area contributed by atoms with Crippen molar-refractivity contribution in [1.29, 1.82) is 0 Å². The summed E-state index contributed by atoms with van der Waals surface area (Å²) in [5.74, 6) is -0.363. The van der Waals surface area contributed by atoms with Crippen LogP contribution in [0.2, 0.25) is 0 Å². The highest BCUT2D eigenvalue weighted by atomic mass is 19.1. The van der Waals surface area contributed by atoms with E-state index in [0.29, 0.717) is 38.3 Å². The lowest BCUT2D eigenvalue weighted by atomic mass is 10.1. The predicted octanol–water partition coefficient (Wildman–Crippen LogP) is 2.94. The third kappa shape index (κ3) is 5.64. The van der Waals surface area contributed by atoms with E-state index in [-0.39, 0.29) is 17.6 Å². The van der Waals surface area contributed by atoms with Gasteiger partial charge in [-0.15, -0.1) is 0 Å². The molecule has 0 N–H and O–H groups in total. The summed E-state index contributed by atoms with van der Waals surface area (Å²) < 4.78 is 13.1. The second kappa shape index (κ2) is 9.65. The van der Waals surface area contributed by atoms with Gasteiger partial charge in [-0.05, 0) is 48.7 Å². The van der Waals surface area contributed by atoms with Gasteiger partial charge in [0.1, 0.15) is 5.82 Å². The molecule has 1 heterocycles. The zero-order valence-electron chi connectivity index (χ0n) is 17.1. The minimum Gasteiger partial charge on any atom is -0.340 e. The minimum atomic E-state index is -0.350. The van der Waals surface area contributed by atoms with Crippen LogP contribution in [0.3, 0.4) is 0 Å². The predicted molar refractivity (Wildman–Crippen MR) is 111 cm³/mol. The molecular formula is C23H28FN3O2. The molecule has 2 amide bonds. The Labute approximate surface area is 171 Å². The van der Waals surface area contributed by atoms with Crippen molar-refractivity contribution >= 4 is 11.8 Å². The monoisotopic (exact) mass is 397 g/mol. The second-order valence-electron chi connectivity index (χ2n) is 7.61. The Morgan fingerprint density at radius 2 is 1.72 bits per heavy atom. The number of nitrogens with zero attached hydrogens (tertiary/aromatic N) is 3. The molecular weight excluding hydrogens is 369 g/mol. The maximum absolute atomic E-state index is 13.1. The summed E-state index contributed by atoms with van der Waals surface area (Å²) >= 11 is 0. The molecule has 2 aromatic rings. The molecule has 5 nitrogen and oxygen atoms in total. The molecule has 0 saturated carbocycles. The Morgan fingerprint density at radius 1 is 1.00 bits per heavy atom. The summed E-state index contributed by atoms with van der Waals surface area (Å²) in [5.41, 5.74) is 2.82. The average Bonchev–Trinajstić information content (AvgIpc) is 2.95. The Bertz CT molecular complexity index is 853. The lowest BCUT2D eigenvalue weighted by molar-refractivity contribution is -0.131. The Morgan fingerprint density at radius 3 is 2.45 bits per heavy atom. The largest absolute Gasteiger partial charge is 0.340 e. The lowest BCUT2D eigenvalue weighted by Crippen LogP contribution is -2.40. The van der Waals surface area contributed by atoms with E-state index in [9.17, 15) is 14.0 Å². The summed E-state index contributed by atoms with van der Waals surface area (Å²) in [6.45, 7) is 5.61. The molecule has 1 fully saturated rings. The molecule has 29 heavy (non-hydrogen) atoms. The van der Waals surface area contributed by atoms with Crippen molar-refractivity contribution in [2.75, 3.05) is 39.8 Å². The molecule has 3 rings (SSSR count). The van der Waals surface area contributed by atoms with Gasteiger partial charge in [0.2, 0.25) is 5.91 Å². The van der Waals surface area contributed by atoms with Crippen LogP contribution in [0.15, 0.2) is 48.5 Å². The van der Waals surface area contributed by atoms with E-state index in [2.05, 4.69) is 17.9 Å². The van der Waals surface area contributed by atoms with Gasteiger partial charge >= 0.3 is 0 Å². The smallest absolute Gasteiger partial charge is 0.253 e. The highest BCUT2D eigenvalue weighted by molar-refractivity contribution is 5.94. The Kier molecular flexibility index (Phi) is 6.99. The molecule has 1 aliphatic rings. The van der Waals surface area contributed by atoms with Crippen LogP contribution < -0.4 is 0 Å². The first-order chi connectivity index (χ1) is 13.9. The maximum Gasteiger partial charge on any atom is 0.253 e. The van der Waals surface area contributed by atoms with Crippen molar-refractivity contribution in [3.05, 3.63) is 71.0 Å². The number of hydrogen-bond acceptors (Lipinski definition) is 3. The standard InChI is InChI=1S/C23H28FN3O2/c1-18-6-3-4-7-20(18)16-25(2)22(28)17-26-12-5-13-27(15-14-26)23(29)19-8-10-21(24)11-9-19/h3-4,6-11H,5,12-17H2,1-2H3. The van der Waals surface area contributed by atoms with Crippen LogP contribution in [0, 0.1) is 12.7 Å². The van der Waals surface area contributed by atoms with Crippen molar-refractivity contribution in [2.24, 2.45) is 0 Å². The summed E-state index contributed by atoms with van der Waals surface area (Å²) in [6.07, 6.45) is 0.807. The first kappa shape index (κ1) is 21.0. The van der Waals surface area contributed by atoms with Gasteiger partial charge in [-0.1, -0.05) is 24.3 Å². The van der Waals surface area contributed by atoms with Crippen LogP contribution in [-0.4, -0.2) is 66.3 Å². The van der Waals surface area contributed by atoms with Crippen molar-refractivity contribution in [2.45, 2.75) is 19.9 Å². The normalized spacial score (nSPS) is 15.1. The van der Waals surface area contributed by atoms with Crippen LogP contribution in [0.4, 0.5) is 4.39 Å². The second-order valence-corrected chi connectivity index (χ2v) is 7.61. The van der Waals surface area contributed by atoms with Crippen molar-refractivity contribution < 1.29 is 14.0 Å². The molecule has 6 heteroatoms. The summed E-state index contributed by atoms with van der Waals surface area (Å²) in [7, 11) is 1.83. The molecule has 0 spiro atoms. The Hall–Kier alpha value is -2.73. The summed E-state index contributed by atoms with van der Waals surface area (Å²) in [6, 6.07) is 13.7. The van der Waals surface area contributed by atoms with Gasteiger partial charge < -0.3 is 9.80 Å². The number of carbonyl (C=O) groups excluding carboxylic acids is 2. The Balaban J connectivity index is 1.52. The van der Waals surface area contributed by atoms with Crippen molar-refractivity contribution in [3.8, 4) is 0 Å². The van der Waals surface area contributed by atoms with E-state index >= 15 is 0 Å². The third-order valence-electron chi connectivity index (χ3n) is 5.42. The fourth-order valence-electron chi connectivity index (χ4n) is 3.55. The number of likely N-dealkylation sites (N-methyl/N-ethyl adjacent to an activating group) is 1. The minimum absolute atomic E-state index is 0.0755. The SMILES string of the molecule is Cc1ccccc1CN(C)C(=O)CN1CCCN(C(=O)c2ccc(F)cc2)CC1. The number of rotatable bonds is 5. The quantitative estimate of drug-likeness (QED) is 0.779. The number of amides is 2. The number of hydrogen-bond donors (Lipinski definition) is 0. The molecule has 0 aromatic heterocycles. The number of benzene rings is 2. The third-order valence-corrected chi connectivity index (χ3v) is 5.42. The zero-order valence-corrected chi connectivity index (χ0v) is 17.1. The highest BCUT2D eigenvalue weighted by Crippen LogP contribution is 2.12.